The van der Waals surface area contributed by atoms with Crippen molar-refractivity contribution in [1.82, 2.24) is 4.90 Å². The zero-order valence-electron chi connectivity index (χ0n) is 8.32. The standard InChI is InChI=1S/C10H17NO3/c12-9-2-1-5-11(10(9)13)8-3-6-14-7-4-8/h8-9,12H,1-7H2/t9-/m1/s1. The molecule has 0 aromatic heterocycles. The summed E-state index contributed by atoms with van der Waals surface area (Å²) >= 11 is 0. The SMILES string of the molecule is O=C1[C@H](O)CCCN1C1CCOCC1. The molecule has 0 spiro atoms. The molecule has 1 amide bonds. The third-order valence-corrected chi connectivity index (χ3v) is 3.08. The van der Waals surface area contributed by atoms with E-state index >= 15 is 0 Å². The molecule has 0 bridgehead atoms. The van der Waals surface area contributed by atoms with Crippen LogP contribution in [0.3, 0.4) is 0 Å². The Kier molecular flexibility index (Phi) is 3.03. The van der Waals surface area contributed by atoms with E-state index in [0.717, 1.165) is 39.0 Å². The third-order valence-electron chi connectivity index (χ3n) is 3.08. The lowest BCUT2D eigenvalue weighted by Crippen LogP contribution is -2.51. The van der Waals surface area contributed by atoms with E-state index < -0.39 is 6.10 Å². The van der Waals surface area contributed by atoms with Crippen molar-refractivity contribution in [3.05, 3.63) is 0 Å². The predicted molar refractivity (Wildman–Crippen MR) is 50.8 cm³/mol. The average molecular weight is 199 g/mol. The van der Waals surface area contributed by atoms with Crippen molar-refractivity contribution in [2.45, 2.75) is 37.8 Å². The molecular formula is C10H17NO3. The molecule has 1 atom stereocenters. The maximum Gasteiger partial charge on any atom is 0.251 e. The Hall–Kier alpha value is -0.610. The highest BCUT2D eigenvalue weighted by molar-refractivity contribution is 5.81. The Morgan fingerprint density at radius 2 is 2.00 bits per heavy atom. The summed E-state index contributed by atoms with van der Waals surface area (Å²) in [4.78, 5) is 13.5. The van der Waals surface area contributed by atoms with Gasteiger partial charge in [0.25, 0.3) is 5.91 Å². The number of rotatable bonds is 1. The molecule has 1 N–H and O–H groups in total. The first-order valence-electron chi connectivity index (χ1n) is 5.35. The summed E-state index contributed by atoms with van der Waals surface area (Å²) in [5.41, 5.74) is 0. The van der Waals surface area contributed by atoms with Gasteiger partial charge in [0.1, 0.15) is 6.10 Å². The van der Waals surface area contributed by atoms with Crippen LogP contribution in [0.5, 0.6) is 0 Å². The van der Waals surface area contributed by atoms with Gasteiger partial charge in [0.2, 0.25) is 0 Å². The number of carbonyl (C=O) groups excluding carboxylic acids is 1. The highest BCUT2D eigenvalue weighted by Gasteiger charge is 2.32. The van der Waals surface area contributed by atoms with E-state index in [2.05, 4.69) is 0 Å². The van der Waals surface area contributed by atoms with E-state index in [0.29, 0.717) is 12.5 Å². The first kappa shape index (κ1) is 9.93. The van der Waals surface area contributed by atoms with Crippen LogP contribution in [-0.2, 0) is 9.53 Å². The molecule has 2 fully saturated rings. The normalized spacial score (nSPS) is 30.8. The second-order valence-corrected chi connectivity index (χ2v) is 4.03. The second-order valence-electron chi connectivity index (χ2n) is 4.03. The predicted octanol–water partition coefficient (Wildman–Crippen LogP) is 0.149. The van der Waals surface area contributed by atoms with Gasteiger partial charge >= 0.3 is 0 Å². The number of hydrogen-bond donors (Lipinski definition) is 1. The minimum absolute atomic E-state index is 0.0804. The Labute approximate surface area is 83.8 Å². The maximum absolute atomic E-state index is 11.7. The van der Waals surface area contributed by atoms with Crippen molar-refractivity contribution >= 4 is 5.91 Å². The molecule has 80 valence electrons. The van der Waals surface area contributed by atoms with Crippen LogP contribution in [-0.4, -0.2) is 47.8 Å². The number of nitrogens with zero attached hydrogens (tertiary/aromatic N) is 1. The summed E-state index contributed by atoms with van der Waals surface area (Å²) in [6.07, 6.45) is 2.62. The van der Waals surface area contributed by atoms with Crippen LogP contribution < -0.4 is 0 Å². The van der Waals surface area contributed by atoms with Crippen molar-refractivity contribution in [2.75, 3.05) is 19.8 Å². The number of piperidine rings is 1. The number of aliphatic hydroxyl groups is 1. The summed E-state index contributed by atoms with van der Waals surface area (Å²) in [5, 5.41) is 9.46. The first-order chi connectivity index (χ1) is 6.79. The molecule has 2 heterocycles. The van der Waals surface area contributed by atoms with E-state index in [-0.39, 0.29) is 5.91 Å². The molecule has 2 saturated heterocycles. The molecule has 4 heteroatoms. The van der Waals surface area contributed by atoms with Crippen molar-refractivity contribution in [2.24, 2.45) is 0 Å². The molecule has 0 radical (unpaired) electrons. The number of amides is 1. The minimum Gasteiger partial charge on any atom is -0.383 e. The van der Waals surface area contributed by atoms with E-state index in [1.54, 1.807) is 0 Å². The van der Waals surface area contributed by atoms with Crippen molar-refractivity contribution in [3.63, 3.8) is 0 Å². The number of ether oxygens (including phenoxy) is 1. The van der Waals surface area contributed by atoms with E-state index in [1.807, 2.05) is 4.90 Å². The van der Waals surface area contributed by atoms with E-state index in [1.165, 1.54) is 0 Å². The quantitative estimate of drug-likeness (QED) is 0.654. The molecule has 0 unspecified atom stereocenters. The van der Waals surface area contributed by atoms with Crippen LogP contribution in [0, 0.1) is 0 Å². The number of carbonyl (C=O) groups is 1. The number of hydrogen-bond acceptors (Lipinski definition) is 3. The van der Waals surface area contributed by atoms with Crippen LogP contribution in [0.2, 0.25) is 0 Å². The first-order valence-corrected chi connectivity index (χ1v) is 5.35. The topological polar surface area (TPSA) is 49.8 Å². The fourth-order valence-corrected chi connectivity index (χ4v) is 2.24. The van der Waals surface area contributed by atoms with Gasteiger partial charge in [-0.2, -0.15) is 0 Å². The summed E-state index contributed by atoms with van der Waals surface area (Å²) in [6.45, 7) is 2.29. The molecule has 4 nitrogen and oxygen atoms in total. The molecule has 0 aromatic rings. The molecular weight excluding hydrogens is 182 g/mol. The van der Waals surface area contributed by atoms with Gasteiger partial charge in [-0.05, 0) is 25.7 Å². The van der Waals surface area contributed by atoms with Crippen molar-refractivity contribution in [3.8, 4) is 0 Å². The zero-order valence-corrected chi connectivity index (χ0v) is 8.32. The zero-order chi connectivity index (χ0) is 9.97. The van der Waals surface area contributed by atoms with Crippen molar-refractivity contribution in [1.29, 1.82) is 0 Å². The third kappa shape index (κ3) is 1.91. The fourth-order valence-electron chi connectivity index (χ4n) is 2.24. The summed E-state index contributed by atoms with van der Waals surface area (Å²) < 4.78 is 5.25. The molecule has 0 saturated carbocycles. The Morgan fingerprint density at radius 1 is 1.29 bits per heavy atom. The summed E-state index contributed by atoms with van der Waals surface area (Å²) in [7, 11) is 0. The van der Waals surface area contributed by atoms with Gasteiger partial charge in [-0.25, -0.2) is 0 Å². The van der Waals surface area contributed by atoms with Crippen molar-refractivity contribution < 1.29 is 14.6 Å². The van der Waals surface area contributed by atoms with Gasteiger partial charge < -0.3 is 14.7 Å². The van der Waals surface area contributed by atoms with Crippen LogP contribution in [0.25, 0.3) is 0 Å². The smallest absolute Gasteiger partial charge is 0.251 e. The monoisotopic (exact) mass is 199 g/mol. The van der Waals surface area contributed by atoms with Crippen LogP contribution in [0.1, 0.15) is 25.7 Å². The minimum atomic E-state index is -0.758. The highest BCUT2D eigenvalue weighted by Crippen LogP contribution is 2.20. The van der Waals surface area contributed by atoms with Gasteiger partial charge in [0, 0.05) is 25.8 Å². The van der Waals surface area contributed by atoms with Gasteiger partial charge in [-0.15, -0.1) is 0 Å². The van der Waals surface area contributed by atoms with Crippen LogP contribution in [0.4, 0.5) is 0 Å². The molecule has 14 heavy (non-hydrogen) atoms. The Balaban J connectivity index is 1.97. The molecule has 2 aliphatic heterocycles. The van der Waals surface area contributed by atoms with E-state index in [4.69, 9.17) is 4.74 Å². The highest BCUT2D eigenvalue weighted by atomic mass is 16.5. The second kappa shape index (κ2) is 4.28. The van der Waals surface area contributed by atoms with Gasteiger partial charge in [0.15, 0.2) is 0 Å². The number of aliphatic hydroxyl groups excluding tert-OH is 1. The van der Waals surface area contributed by atoms with Gasteiger partial charge in [-0.3, -0.25) is 4.79 Å². The molecule has 2 aliphatic rings. The summed E-state index contributed by atoms with van der Waals surface area (Å²) in [5.74, 6) is -0.0804. The lowest BCUT2D eigenvalue weighted by atomic mass is 10.0. The fraction of sp³-hybridized carbons (Fsp3) is 0.900. The largest absolute Gasteiger partial charge is 0.383 e. The average Bonchev–Trinajstić information content (AvgIpc) is 2.23. The van der Waals surface area contributed by atoms with Crippen LogP contribution >= 0.6 is 0 Å². The van der Waals surface area contributed by atoms with Crippen LogP contribution in [0.15, 0.2) is 0 Å². The molecule has 0 aromatic carbocycles. The Bertz CT molecular complexity index is 213. The molecule has 2 rings (SSSR count). The van der Waals surface area contributed by atoms with Gasteiger partial charge in [-0.1, -0.05) is 0 Å². The number of likely N-dealkylation sites (tertiary alicyclic amines) is 1. The Morgan fingerprint density at radius 3 is 2.71 bits per heavy atom. The van der Waals surface area contributed by atoms with Gasteiger partial charge in [0.05, 0.1) is 0 Å². The lowest BCUT2D eigenvalue weighted by molar-refractivity contribution is -0.148. The maximum atomic E-state index is 11.7. The molecule has 0 aliphatic carbocycles. The van der Waals surface area contributed by atoms with E-state index in [9.17, 15) is 9.90 Å². The summed E-state index contributed by atoms with van der Waals surface area (Å²) in [6, 6.07) is 0.297. The lowest BCUT2D eigenvalue weighted by Gasteiger charge is -2.38.